The fourth-order valence-corrected chi connectivity index (χ4v) is 2.96. The lowest BCUT2D eigenvalue weighted by Gasteiger charge is -2.02. The number of benzene rings is 1. The number of hydrogen-bond acceptors (Lipinski definition) is 1. The number of rotatable bonds is 2. The molecule has 72 valence electrons. The highest BCUT2D eigenvalue weighted by Crippen LogP contribution is 2.56. The molecule has 1 heteroatoms. The monoisotopic (exact) mass is 186 g/mol. The number of carbonyl (C=O) groups is 1. The first-order valence-corrected chi connectivity index (χ1v) is 5.43. The summed E-state index contributed by atoms with van der Waals surface area (Å²) in [7, 11) is 0. The second kappa shape index (κ2) is 2.94. The summed E-state index contributed by atoms with van der Waals surface area (Å²) in [4.78, 5) is 11.4. The first kappa shape index (κ1) is 8.22. The van der Waals surface area contributed by atoms with E-state index in [9.17, 15) is 4.79 Å². The number of fused-ring (bicyclic) bond motifs is 1. The quantitative estimate of drug-likeness (QED) is 0.693. The van der Waals surface area contributed by atoms with Crippen molar-refractivity contribution in [1.29, 1.82) is 0 Å². The standard InChI is InChI=1S/C13H14O/c14-12-7-6-10-11(13(10)12)8-9-4-2-1-3-5-9/h1-5,10-11,13H,6-8H2/t10-,11+,13-/m1/s1. The van der Waals surface area contributed by atoms with Gasteiger partial charge in [0.2, 0.25) is 0 Å². The van der Waals surface area contributed by atoms with Crippen molar-refractivity contribution in [2.45, 2.75) is 19.3 Å². The lowest BCUT2D eigenvalue weighted by Crippen LogP contribution is -2.01. The van der Waals surface area contributed by atoms with E-state index < -0.39 is 0 Å². The van der Waals surface area contributed by atoms with Crippen molar-refractivity contribution < 1.29 is 4.79 Å². The van der Waals surface area contributed by atoms with Gasteiger partial charge in [0.25, 0.3) is 0 Å². The van der Waals surface area contributed by atoms with Crippen LogP contribution in [0.3, 0.4) is 0 Å². The van der Waals surface area contributed by atoms with Crippen LogP contribution in [0.5, 0.6) is 0 Å². The molecule has 0 unspecified atom stereocenters. The van der Waals surface area contributed by atoms with Crippen molar-refractivity contribution in [2.24, 2.45) is 17.8 Å². The van der Waals surface area contributed by atoms with Gasteiger partial charge in [-0.1, -0.05) is 30.3 Å². The fourth-order valence-electron chi connectivity index (χ4n) is 2.96. The van der Waals surface area contributed by atoms with Gasteiger partial charge in [-0.3, -0.25) is 4.79 Å². The Hall–Kier alpha value is -1.11. The second-order valence-electron chi connectivity index (χ2n) is 4.55. The molecule has 2 saturated carbocycles. The third-order valence-electron chi connectivity index (χ3n) is 3.74. The molecule has 14 heavy (non-hydrogen) atoms. The molecule has 3 atom stereocenters. The van der Waals surface area contributed by atoms with Gasteiger partial charge in [0.1, 0.15) is 5.78 Å². The molecule has 0 bridgehead atoms. The molecule has 0 amide bonds. The van der Waals surface area contributed by atoms with Crippen LogP contribution in [0.4, 0.5) is 0 Å². The van der Waals surface area contributed by atoms with Gasteiger partial charge >= 0.3 is 0 Å². The molecule has 0 aromatic heterocycles. The van der Waals surface area contributed by atoms with Crippen LogP contribution in [-0.2, 0) is 11.2 Å². The van der Waals surface area contributed by atoms with E-state index >= 15 is 0 Å². The van der Waals surface area contributed by atoms with Gasteiger partial charge < -0.3 is 0 Å². The zero-order chi connectivity index (χ0) is 9.54. The van der Waals surface area contributed by atoms with Crippen LogP contribution >= 0.6 is 0 Å². The number of hydrogen-bond donors (Lipinski definition) is 0. The highest BCUT2D eigenvalue weighted by atomic mass is 16.1. The zero-order valence-corrected chi connectivity index (χ0v) is 8.15. The van der Waals surface area contributed by atoms with Crippen molar-refractivity contribution in [2.75, 3.05) is 0 Å². The van der Waals surface area contributed by atoms with E-state index in [1.807, 2.05) is 6.07 Å². The fraction of sp³-hybridized carbons (Fsp3) is 0.462. The summed E-state index contributed by atoms with van der Waals surface area (Å²) < 4.78 is 0. The summed E-state index contributed by atoms with van der Waals surface area (Å²) in [5.74, 6) is 2.38. The average molecular weight is 186 g/mol. The third-order valence-corrected chi connectivity index (χ3v) is 3.74. The number of ketones is 1. The Labute approximate surface area is 84.1 Å². The van der Waals surface area contributed by atoms with Gasteiger partial charge in [-0.25, -0.2) is 0 Å². The van der Waals surface area contributed by atoms with E-state index in [0.717, 1.165) is 25.2 Å². The Morgan fingerprint density at radius 1 is 1.21 bits per heavy atom. The minimum absolute atomic E-state index is 0.440. The summed E-state index contributed by atoms with van der Waals surface area (Å²) >= 11 is 0. The molecular weight excluding hydrogens is 172 g/mol. The Kier molecular flexibility index (Phi) is 1.73. The van der Waals surface area contributed by atoms with Crippen LogP contribution in [0.2, 0.25) is 0 Å². The maximum Gasteiger partial charge on any atom is 0.136 e. The van der Waals surface area contributed by atoms with Gasteiger partial charge in [0, 0.05) is 12.3 Å². The third kappa shape index (κ3) is 1.19. The van der Waals surface area contributed by atoms with Gasteiger partial charge in [-0.2, -0.15) is 0 Å². The number of Topliss-reactive ketones (excluding diaryl/α,β-unsaturated/α-hetero) is 1. The van der Waals surface area contributed by atoms with Gasteiger partial charge in [-0.05, 0) is 30.2 Å². The SMILES string of the molecule is O=C1CC[C@@H]2[C@H](Cc3ccccc3)[C@H]12. The van der Waals surface area contributed by atoms with E-state index in [1.165, 1.54) is 5.56 Å². The van der Waals surface area contributed by atoms with Crippen LogP contribution in [0.15, 0.2) is 30.3 Å². The van der Waals surface area contributed by atoms with Crippen LogP contribution in [0.25, 0.3) is 0 Å². The first-order valence-electron chi connectivity index (χ1n) is 5.43. The van der Waals surface area contributed by atoms with Crippen molar-refractivity contribution in [3.05, 3.63) is 35.9 Å². The second-order valence-corrected chi connectivity index (χ2v) is 4.55. The van der Waals surface area contributed by atoms with Gasteiger partial charge in [0.05, 0.1) is 0 Å². The Morgan fingerprint density at radius 3 is 2.64 bits per heavy atom. The predicted octanol–water partition coefficient (Wildman–Crippen LogP) is 2.45. The predicted molar refractivity (Wildman–Crippen MR) is 54.9 cm³/mol. The molecule has 2 aliphatic rings. The summed E-state index contributed by atoms with van der Waals surface area (Å²) in [6.45, 7) is 0. The highest BCUT2D eigenvalue weighted by molar-refractivity contribution is 5.87. The largest absolute Gasteiger partial charge is 0.299 e. The highest BCUT2D eigenvalue weighted by Gasteiger charge is 2.57. The molecule has 2 fully saturated rings. The van der Waals surface area contributed by atoms with Gasteiger partial charge in [0.15, 0.2) is 0 Å². The molecule has 0 aliphatic heterocycles. The van der Waals surface area contributed by atoms with Crippen LogP contribution in [0, 0.1) is 17.8 Å². The van der Waals surface area contributed by atoms with Crippen LogP contribution in [0.1, 0.15) is 18.4 Å². The minimum Gasteiger partial charge on any atom is -0.299 e. The molecule has 2 aliphatic carbocycles. The van der Waals surface area contributed by atoms with Crippen molar-refractivity contribution >= 4 is 5.78 Å². The molecule has 3 rings (SSSR count). The minimum atomic E-state index is 0.440. The molecule has 1 aromatic rings. The van der Waals surface area contributed by atoms with E-state index in [0.29, 0.717) is 17.6 Å². The topological polar surface area (TPSA) is 17.1 Å². The normalized spacial score (nSPS) is 34.3. The smallest absolute Gasteiger partial charge is 0.136 e. The van der Waals surface area contributed by atoms with Crippen LogP contribution in [-0.4, -0.2) is 5.78 Å². The maximum atomic E-state index is 11.4. The molecule has 0 spiro atoms. The van der Waals surface area contributed by atoms with Crippen LogP contribution < -0.4 is 0 Å². The molecular formula is C13H14O. The molecule has 0 saturated heterocycles. The lowest BCUT2D eigenvalue weighted by molar-refractivity contribution is -0.119. The summed E-state index contributed by atoms with van der Waals surface area (Å²) in [5, 5.41) is 0. The lowest BCUT2D eigenvalue weighted by atomic mass is 10.0. The van der Waals surface area contributed by atoms with Crippen molar-refractivity contribution in [3.8, 4) is 0 Å². The van der Waals surface area contributed by atoms with E-state index in [-0.39, 0.29) is 0 Å². The summed E-state index contributed by atoms with van der Waals surface area (Å²) in [5.41, 5.74) is 1.39. The molecule has 1 nitrogen and oxygen atoms in total. The van der Waals surface area contributed by atoms with E-state index in [4.69, 9.17) is 0 Å². The Balaban J connectivity index is 1.69. The number of carbonyl (C=O) groups excluding carboxylic acids is 1. The summed E-state index contributed by atoms with van der Waals surface area (Å²) in [6, 6.07) is 10.5. The molecule has 0 N–H and O–H groups in total. The van der Waals surface area contributed by atoms with Gasteiger partial charge in [-0.15, -0.1) is 0 Å². The average Bonchev–Trinajstić information content (AvgIpc) is 2.75. The van der Waals surface area contributed by atoms with Crippen molar-refractivity contribution in [3.63, 3.8) is 0 Å². The van der Waals surface area contributed by atoms with E-state index in [1.54, 1.807) is 0 Å². The molecule has 0 heterocycles. The first-order chi connectivity index (χ1) is 6.86. The Bertz CT molecular complexity index is 355. The Morgan fingerprint density at radius 2 is 2.00 bits per heavy atom. The summed E-state index contributed by atoms with van der Waals surface area (Å²) in [6.07, 6.45) is 3.11. The molecule has 0 radical (unpaired) electrons. The van der Waals surface area contributed by atoms with E-state index in [2.05, 4.69) is 24.3 Å². The zero-order valence-electron chi connectivity index (χ0n) is 8.15. The maximum absolute atomic E-state index is 11.4. The molecule has 1 aromatic carbocycles. The van der Waals surface area contributed by atoms with Crippen molar-refractivity contribution in [1.82, 2.24) is 0 Å².